The van der Waals surface area contributed by atoms with E-state index in [1.165, 1.54) is 23.1 Å². The van der Waals surface area contributed by atoms with Crippen LogP contribution in [-0.4, -0.2) is 33.4 Å². The van der Waals surface area contributed by atoms with Crippen molar-refractivity contribution in [2.75, 3.05) is 16.4 Å². The van der Waals surface area contributed by atoms with Gasteiger partial charge in [0.15, 0.2) is 4.34 Å². The van der Waals surface area contributed by atoms with Crippen molar-refractivity contribution in [3.05, 3.63) is 28.8 Å². The predicted molar refractivity (Wildman–Crippen MR) is 107 cm³/mol. The molecular formula is C16H20ClN5O2S2. The van der Waals surface area contributed by atoms with Gasteiger partial charge in [-0.3, -0.25) is 10.1 Å². The van der Waals surface area contributed by atoms with Gasteiger partial charge in [0.2, 0.25) is 11.0 Å². The van der Waals surface area contributed by atoms with E-state index >= 15 is 0 Å². The third-order valence-corrected chi connectivity index (χ3v) is 5.28. The number of thioether (sulfide) groups is 1. The average Bonchev–Trinajstić information content (AvgIpc) is 2.94. The highest BCUT2D eigenvalue weighted by atomic mass is 35.5. The lowest BCUT2D eigenvalue weighted by Crippen LogP contribution is -2.43. The van der Waals surface area contributed by atoms with Crippen LogP contribution >= 0.6 is 34.7 Å². The van der Waals surface area contributed by atoms with Gasteiger partial charge in [0, 0.05) is 16.2 Å². The van der Waals surface area contributed by atoms with Crippen molar-refractivity contribution in [3.8, 4) is 0 Å². The number of nitrogens with one attached hydrogen (secondary N) is 3. The number of carbonyl (C=O) groups is 2. The molecule has 10 heteroatoms. The van der Waals surface area contributed by atoms with Crippen molar-refractivity contribution in [2.24, 2.45) is 0 Å². The minimum absolute atomic E-state index is 0.175. The normalized spacial score (nSPS) is 11.1. The van der Waals surface area contributed by atoms with Gasteiger partial charge in [-0.25, -0.2) is 4.79 Å². The molecule has 0 aliphatic heterocycles. The number of amides is 3. The van der Waals surface area contributed by atoms with Crippen LogP contribution in [0.2, 0.25) is 5.02 Å². The molecule has 0 radical (unpaired) electrons. The Morgan fingerprint density at radius 3 is 2.62 bits per heavy atom. The third-order valence-electron chi connectivity index (χ3n) is 2.90. The summed E-state index contributed by atoms with van der Waals surface area (Å²) in [6.45, 7) is 7.54. The Morgan fingerprint density at radius 2 is 1.96 bits per heavy atom. The molecule has 3 amide bonds. The average molecular weight is 414 g/mol. The number of halogens is 1. The van der Waals surface area contributed by atoms with Crippen molar-refractivity contribution in [1.82, 2.24) is 15.5 Å². The maximum absolute atomic E-state index is 12.0. The van der Waals surface area contributed by atoms with Gasteiger partial charge < -0.3 is 10.6 Å². The lowest BCUT2D eigenvalue weighted by molar-refractivity contribution is -0.113. The van der Waals surface area contributed by atoms with E-state index in [0.29, 0.717) is 20.2 Å². The minimum atomic E-state index is -0.348. The van der Waals surface area contributed by atoms with E-state index in [2.05, 4.69) is 26.1 Å². The summed E-state index contributed by atoms with van der Waals surface area (Å²) in [5.41, 5.74) is 1.25. The SMILES string of the molecule is Cc1ccc(NC(=O)CSc2nnc(NC(=O)NC(C)(C)C)s2)cc1Cl. The minimum Gasteiger partial charge on any atom is -0.333 e. The van der Waals surface area contributed by atoms with Gasteiger partial charge in [-0.1, -0.05) is 40.8 Å². The number of benzene rings is 1. The maximum atomic E-state index is 12.0. The second-order valence-electron chi connectivity index (χ2n) is 6.50. The Labute approximate surface area is 165 Å². The van der Waals surface area contributed by atoms with Crippen LogP contribution in [0, 0.1) is 6.92 Å². The molecule has 0 saturated heterocycles. The third kappa shape index (κ3) is 6.81. The maximum Gasteiger partial charge on any atom is 0.321 e. The zero-order chi connectivity index (χ0) is 19.3. The summed E-state index contributed by atoms with van der Waals surface area (Å²) in [4.78, 5) is 23.8. The molecule has 2 aromatic rings. The molecule has 1 aromatic heterocycles. The molecule has 0 unspecified atom stereocenters. The van der Waals surface area contributed by atoms with E-state index in [0.717, 1.165) is 5.56 Å². The van der Waals surface area contributed by atoms with Crippen LogP contribution in [0.5, 0.6) is 0 Å². The first-order chi connectivity index (χ1) is 12.1. The van der Waals surface area contributed by atoms with Crippen LogP contribution in [0.4, 0.5) is 15.6 Å². The first-order valence-electron chi connectivity index (χ1n) is 7.74. The van der Waals surface area contributed by atoms with Crippen molar-refractivity contribution < 1.29 is 9.59 Å². The Balaban J connectivity index is 1.82. The molecule has 3 N–H and O–H groups in total. The highest BCUT2D eigenvalue weighted by Gasteiger charge is 2.15. The first kappa shape index (κ1) is 20.5. The fraction of sp³-hybridized carbons (Fsp3) is 0.375. The van der Waals surface area contributed by atoms with Crippen LogP contribution in [0.15, 0.2) is 22.5 Å². The number of carbonyl (C=O) groups excluding carboxylic acids is 2. The monoisotopic (exact) mass is 413 g/mol. The van der Waals surface area contributed by atoms with Crippen LogP contribution in [0.3, 0.4) is 0 Å². The van der Waals surface area contributed by atoms with Gasteiger partial charge >= 0.3 is 6.03 Å². The van der Waals surface area contributed by atoms with Crippen LogP contribution in [-0.2, 0) is 4.79 Å². The highest BCUT2D eigenvalue weighted by Crippen LogP contribution is 2.26. The molecule has 0 aliphatic rings. The van der Waals surface area contributed by atoms with Gasteiger partial charge in [0.05, 0.1) is 5.75 Å². The number of rotatable bonds is 5. The Bertz CT molecular complexity index is 804. The lowest BCUT2D eigenvalue weighted by Gasteiger charge is -2.19. The Morgan fingerprint density at radius 1 is 1.23 bits per heavy atom. The second kappa shape index (κ2) is 8.70. The number of hydrogen-bond acceptors (Lipinski definition) is 6. The van der Waals surface area contributed by atoms with Crippen molar-refractivity contribution in [3.63, 3.8) is 0 Å². The predicted octanol–water partition coefficient (Wildman–Crippen LogP) is 4.15. The summed E-state index contributed by atoms with van der Waals surface area (Å²) in [6.07, 6.45) is 0. The zero-order valence-corrected chi connectivity index (χ0v) is 17.2. The molecule has 1 aromatic carbocycles. The number of anilines is 2. The smallest absolute Gasteiger partial charge is 0.321 e. The number of urea groups is 1. The van der Waals surface area contributed by atoms with Gasteiger partial charge in [0.25, 0.3) is 0 Å². The largest absolute Gasteiger partial charge is 0.333 e. The number of hydrogen-bond donors (Lipinski definition) is 3. The summed E-state index contributed by atoms with van der Waals surface area (Å²) >= 11 is 8.49. The van der Waals surface area contributed by atoms with E-state index in [1.54, 1.807) is 12.1 Å². The van der Waals surface area contributed by atoms with Gasteiger partial charge in [0.1, 0.15) is 0 Å². The summed E-state index contributed by atoms with van der Waals surface area (Å²) in [5.74, 6) is -0.000912. The molecule has 2 rings (SSSR count). The second-order valence-corrected chi connectivity index (χ2v) is 9.11. The molecule has 0 fully saturated rings. The van der Waals surface area contributed by atoms with Crippen molar-refractivity contribution in [2.45, 2.75) is 37.6 Å². The molecule has 0 atom stereocenters. The summed E-state index contributed by atoms with van der Waals surface area (Å²) < 4.78 is 0.591. The number of aromatic nitrogens is 2. The summed E-state index contributed by atoms with van der Waals surface area (Å²) in [5, 5.41) is 17.0. The Hall–Kier alpha value is -1.84. The highest BCUT2D eigenvalue weighted by molar-refractivity contribution is 8.01. The van der Waals surface area contributed by atoms with Crippen molar-refractivity contribution in [1.29, 1.82) is 0 Å². The van der Waals surface area contributed by atoms with E-state index in [4.69, 9.17) is 11.6 Å². The number of aryl methyl sites for hydroxylation is 1. The van der Waals surface area contributed by atoms with E-state index in [1.807, 2.05) is 33.8 Å². The van der Waals surface area contributed by atoms with Gasteiger partial charge in [-0.2, -0.15) is 0 Å². The topological polar surface area (TPSA) is 96.0 Å². The molecule has 26 heavy (non-hydrogen) atoms. The fourth-order valence-electron chi connectivity index (χ4n) is 1.78. The quantitative estimate of drug-likeness (QED) is 0.505. The summed E-state index contributed by atoms with van der Waals surface area (Å²) in [7, 11) is 0. The first-order valence-corrected chi connectivity index (χ1v) is 9.92. The lowest BCUT2D eigenvalue weighted by atomic mass is 10.1. The van der Waals surface area contributed by atoms with Gasteiger partial charge in [-0.05, 0) is 45.4 Å². The number of nitrogens with zero attached hydrogens (tertiary/aromatic N) is 2. The molecule has 7 nitrogen and oxygen atoms in total. The van der Waals surface area contributed by atoms with Crippen LogP contribution < -0.4 is 16.0 Å². The van der Waals surface area contributed by atoms with Gasteiger partial charge in [-0.15, -0.1) is 10.2 Å². The molecular weight excluding hydrogens is 394 g/mol. The summed E-state index contributed by atoms with van der Waals surface area (Å²) in [6, 6.07) is 5.00. The van der Waals surface area contributed by atoms with Crippen molar-refractivity contribution >= 4 is 57.5 Å². The van der Waals surface area contributed by atoms with Crippen LogP contribution in [0.1, 0.15) is 26.3 Å². The standard InChI is InChI=1S/C16H20ClN5O2S2/c1-9-5-6-10(7-11(9)17)18-12(23)8-25-15-22-21-14(26-15)19-13(24)20-16(2,3)4/h5-7H,8H2,1-4H3,(H,18,23)(H2,19,20,21,24). The Kier molecular flexibility index (Phi) is 6.85. The molecule has 0 saturated carbocycles. The van der Waals surface area contributed by atoms with E-state index < -0.39 is 0 Å². The zero-order valence-electron chi connectivity index (χ0n) is 14.8. The molecule has 1 heterocycles. The van der Waals surface area contributed by atoms with Crippen LogP contribution in [0.25, 0.3) is 0 Å². The molecule has 0 spiro atoms. The van der Waals surface area contributed by atoms with E-state index in [-0.39, 0.29) is 23.2 Å². The molecule has 140 valence electrons. The van der Waals surface area contributed by atoms with E-state index in [9.17, 15) is 9.59 Å². The fourth-order valence-corrected chi connectivity index (χ4v) is 3.51. The molecule has 0 aliphatic carbocycles. The molecule has 0 bridgehead atoms.